The van der Waals surface area contributed by atoms with Crippen LogP contribution in [0, 0.1) is 6.92 Å². The molecule has 4 rings (SSSR count). The van der Waals surface area contributed by atoms with Crippen molar-refractivity contribution in [2.45, 2.75) is 6.92 Å². The lowest BCUT2D eigenvalue weighted by molar-refractivity contribution is 0.0955. The highest BCUT2D eigenvalue weighted by molar-refractivity contribution is 6.07. The molecule has 3 heterocycles. The van der Waals surface area contributed by atoms with Gasteiger partial charge in [-0.2, -0.15) is 5.10 Å². The quantitative estimate of drug-likeness (QED) is 0.338. The minimum Gasteiger partial charge on any atom is -0.290 e. The molecule has 26 heavy (non-hydrogen) atoms. The number of amides is 1. The number of nitrogens with two attached hydrogens (primary N) is 1. The normalized spacial score (nSPS) is 10.8. The van der Waals surface area contributed by atoms with E-state index in [4.69, 9.17) is 10.8 Å². The fraction of sp³-hybridized carbons (Fsp3) is 0.0526. The number of aryl methyl sites for hydroxylation is 1. The SMILES string of the molecule is Cc1nn(-c2ccccc2)c2nc(-c3cccnc3)cc(C(=O)NN)c12. The molecule has 0 aliphatic carbocycles. The van der Waals surface area contributed by atoms with Gasteiger partial charge in [-0.1, -0.05) is 18.2 Å². The lowest BCUT2D eigenvalue weighted by Gasteiger charge is -2.08. The summed E-state index contributed by atoms with van der Waals surface area (Å²) in [5, 5.41) is 5.26. The molecule has 0 radical (unpaired) electrons. The van der Waals surface area contributed by atoms with Gasteiger partial charge in [0.05, 0.1) is 28.0 Å². The molecular formula is C19H16N6O. The Morgan fingerprint density at radius 3 is 2.65 bits per heavy atom. The zero-order chi connectivity index (χ0) is 18.1. The number of rotatable bonds is 3. The summed E-state index contributed by atoms with van der Waals surface area (Å²) in [7, 11) is 0. The minimum atomic E-state index is -0.391. The van der Waals surface area contributed by atoms with Crippen LogP contribution in [0.15, 0.2) is 60.9 Å². The molecule has 0 spiro atoms. The maximum atomic E-state index is 12.4. The van der Waals surface area contributed by atoms with Crippen LogP contribution in [-0.4, -0.2) is 25.7 Å². The van der Waals surface area contributed by atoms with Crippen molar-refractivity contribution >= 4 is 16.9 Å². The van der Waals surface area contributed by atoms with Crippen molar-refractivity contribution in [1.29, 1.82) is 0 Å². The second-order valence-electron chi connectivity index (χ2n) is 5.80. The number of para-hydroxylation sites is 1. The summed E-state index contributed by atoms with van der Waals surface area (Å²) in [6.45, 7) is 1.85. The molecule has 7 heteroatoms. The third-order valence-corrected chi connectivity index (χ3v) is 4.15. The maximum Gasteiger partial charge on any atom is 0.266 e. The first-order chi connectivity index (χ1) is 12.7. The summed E-state index contributed by atoms with van der Waals surface area (Å²) in [4.78, 5) is 21.3. The van der Waals surface area contributed by atoms with E-state index in [9.17, 15) is 4.79 Å². The predicted octanol–water partition coefficient (Wildman–Crippen LogP) is 2.39. The van der Waals surface area contributed by atoms with E-state index < -0.39 is 5.91 Å². The van der Waals surface area contributed by atoms with Crippen LogP contribution in [0.2, 0.25) is 0 Å². The molecule has 0 saturated heterocycles. The van der Waals surface area contributed by atoms with Crippen molar-refractivity contribution in [1.82, 2.24) is 25.2 Å². The van der Waals surface area contributed by atoms with Crippen LogP contribution in [0.3, 0.4) is 0 Å². The molecule has 4 aromatic rings. The van der Waals surface area contributed by atoms with Crippen LogP contribution >= 0.6 is 0 Å². The average Bonchev–Trinajstić information content (AvgIpc) is 3.04. The predicted molar refractivity (Wildman–Crippen MR) is 98.5 cm³/mol. The summed E-state index contributed by atoms with van der Waals surface area (Å²) in [5.74, 6) is 5.00. The first-order valence-electron chi connectivity index (χ1n) is 8.06. The number of aromatic nitrogens is 4. The van der Waals surface area contributed by atoms with E-state index in [2.05, 4.69) is 15.5 Å². The first kappa shape index (κ1) is 15.9. The number of pyridine rings is 2. The third-order valence-electron chi connectivity index (χ3n) is 4.15. The van der Waals surface area contributed by atoms with E-state index >= 15 is 0 Å². The van der Waals surface area contributed by atoms with Crippen molar-refractivity contribution in [3.05, 3.63) is 72.2 Å². The van der Waals surface area contributed by atoms with E-state index in [1.54, 1.807) is 23.1 Å². The van der Waals surface area contributed by atoms with E-state index in [1.165, 1.54) is 0 Å². The molecule has 0 fully saturated rings. The summed E-state index contributed by atoms with van der Waals surface area (Å²) >= 11 is 0. The Kier molecular flexibility index (Phi) is 3.91. The number of carbonyl (C=O) groups is 1. The smallest absolute Gasteiger partial charge is 0.266 e. The van der Waals surface area contributed by atoms with Crippen LogP contribution in [0.5, 0.6) is 0 Å². The fourth-order valence-corrected chi connectivity index (χ4v) is 2.96. The Morgan fingerprint density at radius 2 is 1.96 bits per heavy atom. The Hall–Kier alpha value is -3.58. The average molecular weight is 344 g/mol. The van der Waals surface area contributed by atoms with Gasteiger partial charge in [-0.25, -0.2) is 15.5 Å². The van der Waals surface area contributed by atoms with E-state index in [-0.39, 0.29) is 0 Å². The molecule has 0 aliphatic rings. The van der Waals surface area contributed by atoms with E-state index in [0.717, 1.165) is 11.3 Å². The number of nitrogen functional groups attached to an aromatic ring is 1. The number of fused-ring (bicyclic) bond motifs is 1. The molecule has 128 valence electrons. The summed E-state index contributed by atoms with van der Waals surface area (Å²) in [6, 6.07) is 15.1. The molecule has 0 atom stereocenters. The number of hydrogen-bond donors (Lipinski definition) is 2. The molecule has 0 saturated carbocycles. The number of benzene rings is 1. The van der Waals surface area contributed by atoms with Gasteiger partial charge in [-0.3, -0.25) is 15.2 Å². The monoisotopic (exact) mass is 344 g/mol. The Bertz CT molecular complexity index is 1090. The first-order valence-corrected chi connectivity index (χ1v) is 8.06. The zero-order valence-corrected chi connectivity index (χ0v) is 14.0. The Balaban J connectivity index is 2.06. The summed E-state index contributed by atoms with van der Waals surface area (Å²) < 4.78 is 1.73. The molecule has 0 bridgehead atoms. The van der Waals surface area contributed by atoms with Crippen molar-refractivity contribution in [2.75, 3.05) is 0 Å². The second-order valence-corrected chi connectivity index (χ2v) is 5.80. The molecular weight excluding hydrogens is 328 g/mol. The molecule has 1 aromatic carbocycles. The van der Waals surface area contributed by atoms with Crippen LogP contribution in [0.25, 0.3) is 28.0 Å². The number of hydrogen-bond acceptors (Lipinski definition) is 5. The molecule has 0 aliphatic heterocycles. The van der Waals surface area contributed by atoms with Gasteiger partial charge >= 0.3 is 0 Å². The van der Waals surface area contributed by atoms with Gasteiger partial charge in [0.25, 0.3) is 5.91 Å². The van der Waals surface area contributed by atoms with Gasteiger partial charge in [0.1, 0.15) is 0 Å². The molecule has 7 nitrogen and oxygen atoms in total. The molecule has 0 unspecified atom stereocenters. The van der Waals surface area contributed by atoms with E-state index in [1.807, 2.05) is 49.4 Å². The fourth-order valence-electron chi connectivity index (χ4n) is 2.96. The standard InChI is InChI=1S/C19H16N6O/c1-12-17-15(19(26)23-20)10-16(13-6-5-9-21-11-13)22-18(17)25(24-12)14-7-3-2-4-8-14/h2-11H,20H2,1H3,(H,23,26). The largest absolute Gasteiger partial charge is 0.290 e. The van der Waals surface area contributed by atoms with Gasteiger partial charge in [0.15, 0.2) is 5.65 Å². The van der Waals surface area contributed by atoms with Crippen LogP contribution < -0.4 is 11.3 Å². The van der Waals surface area contributed by atoms with Crippen molar-refractivity contribution in [2.24, 2.45) is 5.84 Å². The van der Waals surface area contributed by atoms with Crippen LogP contribution in [0.1, 0.15) is 16.1 Å². The number of hydrazine groups is 1. The van der Waals surface area contributed by atoms with E-state index in [0.29, 0.717) is 28.0 Å². The highest BCUT2D eigenvalue weighted by Crippen LogP contribution is 2.28. The summed E-state index contributed by atoms with van der Waals surface area (Å²) in [5.41, 5.74) is 6.22. The van der Waals surface area contributed by atoms with Gasteiger partial charge in [0.2, 0.25) is 0 Å². The zero-order valence-electron chi connectivity index (χ0n) is 14.0. The highest BCUT2D eigenvalue weighted by Gasteiger charge is 2.20. The van der Waals surface area contributed by atoms with Crippen LogP contribution in [0.4, 0.5) is 0 Å². The molecule has 3 N–H and O–H groups in total. The maximum absolute atomic E-state index is 12.4. The van der Waals surface area contributed by atoms with Gasteiger partial charge in [0, 0.05) is 18.0 Å². The minimum absolute atomic E-state index is 0.391. The number of nitrogens with zero attached hydrogens (tertiary/aromatic N) is 4. The van der Waals surface area contributed by atoms with Crippen LogP contribution in [-0.2, 0) is 0 Å². The Labute approximate surface area is 149 Å². The Morgan fingerprint density at radius 1 is 1.15 bits per heavy atom. The van der Waals surface area contributed by atoms with Gasteiger partial charge in [-0.05, 0) is 37.3 Å². The number of nitrogens with one attached hydrogen (secondary N) is 1. The lowest BCUT2D eigenvalue weighted by Crippen LogP contribution is -2.30. The summed E-state index contributed by atoms with van der Waals surface area (Å²) in [6.07, 6.45) is 3.39. The highest BCUT2D eigenvalue weighted by atomic mass is 16.2. The van der Waals surface area contributed by atoms with Crippen molar-refractivity contribution in [3.63, 3.8) is 0 Å². The molecule has 1 amide bonds. The number of carbonyl (C=O) groups excluding carboxylic acids is 1. The second kappa shape index (κ2) is 6.38. The van der Waals surface area contributed by atoms with Gasteiger partial charge in [-0.15, -0.1) is 0 Å². The van der Waals surface area contributed by atoms with Crippen molar-refractivity contribution < 1.29 is 4.79 Å². The topological polar surface area (TPSA) is 98.7 Å². The molecule has 3 aromatic heterocycles. The van der Waals surface area contributed by atoms with Crippen molar-refractivity contribution in [3.8, 4) is 16.9 Å². The lowest BCUT2D eigenvalue weighted by atomic mass is 10.1. The third kappa shape index (κ3) is 2.60. The van der Waals surface area contributed by atoms with Gasteiger partial charge < -0.3 is 0 Å².